The number of nitrogens with two attached hydrogens (primary N) is 2. The average molecular weight is 522 g/mol. The van der Waals surface area contributed by atoms with Crippen LogP contribution >= 0.6 is 0 Å². The number of carbonyl (C=O) groups is 5. The number of rotatable bonds is 15. The van der Waals surface area contributed by atoms with Crippen LogP contribution in [0.15, 0.2) is 24.3 Å². The van der Waals surface area contributed by atoms with E-state index < -0.39 is 66.1 Å². The van der Waals surface area contributed by atoms with Gasteiger partial charge in [-0.1, -0.05) is 52.7 Å². The Bertz CT molecular complexity index is 953. The normalized spacial score (nSPS) is 15.8. The third-order valence-corrected chi connectivity index (χ3v) is 6.34. The zero-order chi connectivity index (χ0) is 28.3. The Morgan fingerprint density at radius 1 is 0.838 bits per heavy atom. The lowest BCUT2D eigenvalue weighted by Crippen LogP contribution is -2.59. The van der Waals surface area contributed by atoms with E-state index in [0.717, 1.165) is 0 Å². The van der Waals surface area contributed by atoms with Crippen molar-refractivity contribution in [2.75, 3.05) is 0 Å². The standard InChI is InChI=1S/C25H39N5O7/c1-5-13(3)20(24(35)30-21(25(36)37)14(4)6-2)29-23(34)18(12-19(27)32)28-22(33)17(26)11-15-7-9-16(31)10-8-15/h7-10,13-14,17-18,20-21,31H,5-6,11-12,26H2,1-4H3,(H2,27,32)(H,28,33)(H,29,34)(H,30,35)(H,36,37). The summed E-state index contributed by atoms with van der Waals surface area (Å²) in [7, 11) is 0. The molecule has 206 valence electrons. The van der Waals surface area contributed by atoms with Crippen LogP contribution in [0.4, 0.5) is 0 Å². The van der Waals surface area contributed by atoms with E-state index >= 15 is 0 Å². The van der Waals surface area contributed by atoms with Gasteiger partial charge in [-0.2, -0.15) is 0 Å². The summed E-state index contributed by atoms with van der Waals surface area (Å²) in [5.74, 6) is -4.99. The average Bonchev–Trinajstić information content (AvgIpc) is 2.84. The smallest absolute Gasteiger partial charge is 0.326 e. The van der Waals surface area contributed by atoms with Gasteiger partial charge in [-0.3, -0.25) is 19.2 Å². The van der Waals surface area contributed by atoms with E-state index in [0.29, 0.717) is 18.4 Å². The van der Waals surface area contributed by atoms with Crippen LogP contribution in [0, 0.1) is 11.8 Å². The number of carboxylic acids is 1. The van der Waals surface area contributed by atoms with E-state index in [1.807, 2.05) is 0 Å². The lowest BCUT2D eigenvalue weighted by atomic mass is 9.95. The highest BCUT2D eigenvalue weighted by Crippen LogP contribution is 2.13. The quantitative estimate of drug-likeness (QED) is 0.163. The van der Waals surface area contributed by atoms with Crippen molar-refractivity contribution < 1.29 is 34.2 Å². The number of aromatic hydroxyl groups is 1. The lowest BCUT2D eigenvalue weighted by Gasteiger charge is -2.29. The van der Waals surface area contributed by atoms with Crippen molar-refractivity contribution in [3.8, 4) is 5.75 Å². The molecule has 1 aromatic rings. The van der Waals surface area contributed by atoms with Crippen LogP contribution in [0.3, 0.4) is 0 Å². The molecule has 0 spiro atoms. The summed E-state index contributed by atoms with van der Waals surface area (Å²) in [6.45, 7) is 6.99. The summed E-state index contributed by atoms with van der Waals surface area (Å²) in [6.07, 6.45) is 0.544. The molecular formula is C25H39N5O7. The van der Waals surface area contributed by atoms with Gasteiger partial charge in [0.1, 0.15) is 23.9 Å². The molecule has 0 aliphatic rings. The van der Waals surface area contributed by atoms with Crippen LogP contribution in [0.2, 0.25) is 0 Å². The van der Waals surface area contributed by atoms with Crippen LogP contribution in [0.1, 0.15) is 52.5 Å². The third kappa shape index (κ3) is 10.1. The van der Waals surface area contributed by atoms with E-state index in [4.69, 9.17) is 11.5 Å². The van der Waals surface area contributed by atoms with Gasteiger partial charge in [-0.15, -0.1) is 0 Å². The maximum atomic E-state index is 13.1. The Morgan fingerprint density at radius 2 is 1.35 bits per heavy atom. The van der Waals surface area contributed by atoms with Gasteiger partial charge in [0.05, 0.1) is 12.5 Å². The Balaban J connectivity index is 3.02. The molecule has 0 aliphatic carbocycles. The number of aliphatic carboxylic acids is 1. The first kappa shape index (κ1) is 31.4. The largest absolute Gasteiger partial charge is 0.508 e. The molecule has 0 aromatic heterocycles. The van der Waals surface area contributed by atoms with Crippen molar-refractivity contribution in [2.24, 2.45) is 23.3 Å². The number of phenolic OH excluding ortho intramolecular Hbond substituents is 1. The van der Waals surface area contributed by atoms with Gasteiger partial charge in [-0.25, -0.2) is 4.79 Å². The molecule has 6 unspecified atom stereocenters. The maximum absolute atomic E-state index is 13.1. The van der Waals surface area contributed by atoms with Gasteiger partial charge in [0, 0.05) is 0 Å². The Morgan fingerprint density at radius 3 is 1.84 bits per heavy atom. The number of benzene rings is 1. The molecule has 0 saturated carbocycles. The predicted octanol–water partition coefficient (Wildman–Crippen LogP) is -0.231. The van der Waals surface area contributed by atoms with E-state index in [9.17, 15) is 34.2 Å². The summed E-state index contributed by atoms with van der Waals surface area (Å²) in [6, 6.07) is 1.32. The molecule has 0 saturated heterocycles. The minimum absolute atomic E-state index is 0.0543. The molecule has 9 N–H and O–H groups in total. The number of carbonyl (C=O) groups excluding carboxylic acids is 4. The van der Waals surface area contributed by atoms with Crippen LogP contribution in [-0.4, -0.2) is 64.0 Å². The van der Waals surface area contributed by atoms with Gasteiger partial charge < -0.3 is 37.6 Å². The summed E-state index contributed by atoms with van der Waals surface area (Å²) in [4.78, 5) is 62.1. The molecule has 6 atom stereocenters. The highest BCUT2D eigenvalue weighted by molar-refractivity contribution is 5.96. The number of primary amides is 1. The van der Waals surface area contributed by atoms with Crippen molar-refractivity contribution in [3.05, 3.63) is 29.8 Å². The fourth-order valence-electron chi connectivity index (χ4n) is 3.55. The highest BCUT2D eigenvalue weighted by Gasteiger charge is 2.34. The number of amides is 4. The van der Waals surface area contributed by atoms with Gasteiger partial charge in [0.15, 0.2) is 0 Å². The fraction of sp³-hybridized carbons (Fsp3) is 0.560. The van der Waals surface area contributed by atoms with Crippen molar-refractivity contribution >= 4 is 29.6 Å². The van der Waals surface area contributed by atoms with Gasteiger partial charge in [0.2, 0.25) is 23.6 Å². The molecule has 0 aliphatic heterocycles. The van der Waals surface area contributed by atoms with Crippen LogP contribution in [0.25, 0.3) is 0 Å². The summed E-state index contributed by atoms with van der Waals surface area (Å²) in [5.41, 5.74) is 11.9. The van der Waals surface area contributed by atoms with Crippen LogP contribution in [-0.2, 0) is 30.4 Å². The van der Waals surface area contributed by atoms with Crippen LogP contribution in [0.5, 0.6) is 5.75 Å². The topological polar surface area (TPSA) is 214 Å². The van der Waals surface area contributed by atoms with Crippen molar-refractivity contribution in [1.29, 1.82) is 0 Å². The zero-order valence-corrected chi connectivity index (χ0v) is 21.7. The molecule has 0 bridgehead atoms. The first-order valence-electron chi connectivity index (χ1n) is 12.3. The molecule has 1 aromatic carbocycles. The number of hydrogen-bond donors (Lipinski definition) is 7. The molecule has 37 heavy (non-hydrogen) atoms. The molecule has 0 heterocycles. The minimum Gasteiger partial charge on any atom is -0.508 e. The maximum Gasteiger partial charge on any atom is 0.326 e. The SMILES string of the molecule is CCC(C)C(NC(=O)C(NC(=O)C(CC(N)=O)NC(=O)C(N)Cc1ccc(O)cc1)C(C)CC)C(=O)O. The molecule has 12 nitrogen and oxygen atoms in total. The monoisotopic (exact) mass is 521 g/mol. The lowest BCUT2D eigenvalue weighted by molar-refractivity contribution is -0.144. The van der Waals surface area contributed by atoms with Crippen molar-refractivity contribution in [1.82, 2.24) is 16.0 Å². The summed E-state index contributed by atoms with van der Waals surface area (Å²) < 4.78 is 0. The number of phenols is 1. The van der Waals surface area contributed by atoms with Gasteiger partial charge in [0.25, 0.3) is 0 Å². The van der Waals surface area contributed by atoms with Crippen molar-refractivity contribution in [3.63, 3.8) is 0 Å². The fourth-order valence-corrected chi connectivity index (χ4v) is 3.55. The van der Waals surface area contributed by atoms with E-state index in [2.05, 4.69) is 16.0 Å². The summed E-state index contributed by atoms with van der Waals surface area (Å²) in [5, 5.41) is 26.3. The van der Waals surface area contributed by atoms with Crippen molar-refractivity contribution in [2.45, 2.75) is 77.5 Å². The Kier molecular flexibility index (Phi) is 12.5. The Hall–Kier alpha value is -3.67. The minimum atomic E-state index is -1.40. The van der Waals surface area contributed by atoms with E-state index in [-0.39, 0.29) is 18.1 Å². The molecule has 0 radical (unpaired) electrons. The van der Waals surface area contributed by atoms with Gasteiger partial charge in [-0.05, 0) is 36.0 Å². The second kappa shape index (κ2) is 14.8. The molecule has 1 rings (SSSR count). The number of hydrogen-bond acceptors (Lipinski definition) is 7. The third-order valence-electron chi connectivity index (χ3n) is 6.34. The first-order valence-corrected chi connectivity index (χ1v) is 12.3. The van der Waals surface area contributed by atoms with E-state index in [1.54, 1.807) is 39.8 Å². The predicted molar refractivity (Wildman–Crippen MR) is 136 cm³/mol. The van der Waals surface area contributed by atoms with Crippen LogP contribution < -0.4 is 27.4 Å². The molecule has 4 amide bonds. The molecule has 0 fully saturated rings. The first-order chi connectivity index (χ1) is 17.3. The van der Waals surface area contributed by atoms with Gasteiger partial charge >= 0.3 is 5.97 Å². The highest BCUT2D eigenvalue weighted by atomic mass is 16.4. The molecule has 12 heteroatoms. The second-order valence-corrected chi connectivity index (χ2v) is 9.29. The zero-order valence-electron chi connectivity index (χ0n) is 21.7. The Labute approximate surface area is 216 Å². The number of nitrogens with one attached hydrogen (secondary N) is 3. The number of carboxylic acid groups (broad SMARTS) is 1. The second-order valence-electron chi connectivity index (χ2n) is 9.29. The van der Waals surface area contributed by atoms with E-state index in [1.165, 1.54) is 12.1 Å². The summed E-state index contributed by atoms with van der Waals surface area (Å²) >= 11 is 0. The molecular weight excluding hydrogens is 482 g/mol.